The van der Waals surface area contributed by atoms with Gasteiger partial charge in [-0.05, 0) is 55.2 Å². The van der Waals surface area contributed by atoms with Crippen molar-refractivity contribution in [3.05, 3.63) is 71.0 Å². The summed E-state index contributed by atoms with van der Waals surface area (Å²) in [5, 5.41) is -0.550. The Morgan fingerprint density at radius 1 is 1.16 bits per heavy atom. The van der Waals surface area contributed by atoms with E-state index in [0.717, 1.165) is 31.7 Å². The SMILES string of the molecule is C=Cc1cc(C(=O)NS(=O)(=O)C2CC2)c(F)cc1CN1CCN(c2ccc(C)cc2)CC1. The molecule has 0 atom stereocenters. The van der Waals surface area contributed by atoms with Gasteiger partial charge in [0.1, 0.15) is 5.82 Å². The number of benzene rings is 2. The molecule has 1 amide bonds. The summed E-state index contributed by atoms with van der Waals surface area (Å²) in [4.78, 5) is 17.0. The number of carbonyl (C=O) groups excluding carboxylic acids is 1. The molecule has 1 aliphatic heterocycles. The van der Waals surface area contributed by atoms with Crippen LogP contribution in [0.1, 0.15) is 39.9 Å². The van der Waals surface area contributed by atoms with Crippen molar-refractivity contribution >= 4 is 27.7 Å². The molecule has 2 aromatic carbocycles. The first-order valence-corrected chi connectivity index (χ1v) is 12.4. The van der Waals surface area contributed by atoms with Crippen LogP contribution in [0.2, 0.25) is 0 Å². The lowest BCUT2D eigenvalue weighted by Crippen LogP contribution is -2.46. The number of amides is 1. The molecule has 4 rings (SSSR count). The Morgan fingerprint density at radius 2 is 1.81 bits per heavy atom. The highest BCUT2D eigenvalue weighted by Gasteiger charge is 2.37. The number of nitrogens with one attached hydrogen (secondary N) is 1. The van der Waals surface area contributed by atoms with Crippen LogP contribution in [0.3, 0.4) is 0 Å². The van der Waals surface area contributed by atoms with E-state index in [4.69, 9.17) is 0 Å². The van der Waals surface area contributed by atoms with Gasteiger partial charge in [-0.2, -0.15) is 0 Å². The van der Waals surface area contributed by atoms with Crippen molar-refractivity contribution in [1.29, 1.82) is 0 Å². The summed E-state index contributed by atoms with van der Waals surface area (Å²) in [5.74, 6) is -1.66. The maximum absolute atomic E-state index is 14.8. The van der Waals surface area contributed by atoms with Gasteiger partial charge in [0.25, 0.3) is 5.91 Å². The van der Waals surface area contributed by atoms with Gasteiger partial charge >= 0.3 is 0 Å². The van der Waals surface area contributed by atoms with E-state index in [9.17, 15) is 17.6 Å². The zero-order chi connectivity index (χ0) is 22.9. The molecule has 2 aliphatic rings. The fraction of sp³-hybridized carbons (Fsp3) is 0.375. The molecule has 1 saturated carbocycles. The third kappa shape index (κ3) is 5.02. The predicted molar refractivity (Wildman–Crippen MR) is 125 cm³/mol. The van der Waals surface area contributed by atoms with E-state index in [1.54, 1.807) is 6.08 Å². The minimum Gasteiger partial charge on any atom is -0.369 e. The molecule has 6 nitrogen and oxygen atoms in total. The summed E-state index contributed by atoms with van der Waals surface area (Å²) >= 11 is 0. The average Bonchev–Trinajstić information content (AvgIpc) is 3.61. The van der Waals surface area contributed by atoms with Crippen molar-refractivity contribution in [2.24, 2.45) is 0 Å². The number of anilines is 1. The number of nitrogens with zero attached hydrogens (tertiary/aromatic N) is 2. The Kier molecular flexibility index (Phi) is 6.35. The maximum atomic E-state index is 14.8. The van der Waals surface area contributed by atoms with Crippen LogP contribution in [0.25, 0.3) is 6.08 Å². The maximum Gasteiger partial charge on any atom is 0.267 e. The van der Waals surface area contributed by atoms with Crippen molar-refractivity contribution in [1.82, 2.24) is 9.62 Å². The van der Waals surface area contributed by atoms with Crippen LogP contribution < -0.4 is 9.62 Å². The van der Waals surface area contributed by atoms with Gasteiger partial charge in [0.05, 0.1) is 10.8 Å². The Hall–Kier alpha value is -2.71. The second-order valence-corrected chi connectivity index (χ2v) is 10.5. The predicted octanol–water partition coefficient (Wildman–Crippen LogP) is 3.32. The molecule has 32 heavy (non-hydrogen) atoms. The highest BCUT2D eigenvalue weighted by molar-refractivity contribution is 7.91. The molecular formula is C24H28FN3O3S. The molecule has 2 fully saturated rings. The number of sulfonamides is 1. The summed E-state index contributed by atoms with van der Waals surface area (Å²) < 4.78 is 40.8. The van der Waals surface area contributed by atoms with Crippen molar-refractivity contribution < 1.29 is 17.6 Å². The number of halogens is 1. The third-order valence-corrected chi connectivity index (χ3v) is 7.88. The second-order valence-electron chi connectivity index (χ2n) is 8.51. The molecular weight excluding hydrogens is 429 g/mol. The van der Waals surface area contributed by atoms with Gasteiger partial charge in [-0.25, -0.2) is 17.5 Å². The molecule has 170 valence electrons. The van der Waals surface area contributed by atoms with Crippen LogP contribution in [-0.4, -0.2) is 50.7 Å². The highest BCUT2D eigenvalue weighted by atomic mass is 32.2. The topological polar surface area (TPSA) is 69.7 Å². The second kappa shape index (κ2) is 9.03. The Labute approximate surface area is 188 Å². The molecule has 0 aromatic heterocycles. The minimum absolute atomic E-state index is 0.280. The van der Waals surface area contributed by atoms with Crippen molar-refractivity contribution in [2.75, 3.05) is 31.1 Å². The number of piperazine rings is 1. The first kappa shape index (κ1) is 22.5. The van der Waals surface area contributed by atoms with Gasteiger partial charge in [-0.15, -0.1) is 0 Å². The molecule has 0 bridgehead atoms. The molecule has 0 unspecified atom stereocenters. The quantitative estimate of drug-likeness (QED) is 0.691. The van der Waals surface area contributed by atoms with Gasteiger partial charge in [0.2, 0.25) is 10.0 Å². The van der Waals surface area contributed by atoms with E-state index in [2.05, 4.69) is 47.6 Å². The fourth-order valence-corrected chi connectivity index (χ4v) is 5.23. The van der Waals surface area contributed by atoms with Crippen molar-refractivity contribution in [2.45, 2.75) is 31.6 Å². The number of hydrogen-bond donors (Lipinski definition) is 1. The van der Waals surface area contributed by atoms with Gasteiger partial charge in [0.15, 0.2) is 0 Å². The first-order valence-electron chi connectivity index (χ1n) is 10.8. The highest BCUT2D eigenvalue weighted by Crippen LogP contribution is 2.28. The van der Waals surface area contributed by atoms with Gasteiger partial charge in [-0.3, -0.25) is 9.69 Å². The Morgan fingerprint density at radius 3 is 2.41 bits per heavy atom. The van der Waals surface area contributed by atoms with Crippen LogP contribution >= 0.6 is 0 Å². The first-order chi connectivity index (χ1) is 15.3. The summed E-state index contributed by atoms with van der Waals surface area (Å²) in [5.41, 5.74) is 3.50. The smallest absolute Gasteiger partial charge is 0.267 e. The number of rotatable bonds is 7. The zero-order valence-electron chi connectivity index (χ0n) is 18.2. The molecule has 0 spiro atoms. The van der Waals surface area contributed by atoms with E-state index in [0.29, 0.717) is 24.9 Å². The minimum atomic E-state index is -3.74. The van der Waals surface area contributed by atoms with Crippen LogP contribution in [0, 0.1) is 12.7 Å². The van der Waals surface area contributed by atoms with Gasteiger partial charge in [-0.1, -0.05) is 30.4 Å². The fourth-order valence-electron chi connectivity index (χ4n) is 3.94. The number of carbonyl (C=O) groups is 1. The Balaban J connectivity index is 1.43. The molecule has 8 heteroatoms. The summed E-state index contributed by atoms with van der Waals surface area (Å²) in [6.45, 7) is 9.78. The summed E-state index contributed by atoms with van der Waals surface area (Å²) in [6.07, 6.45) is 2.63. The molecule has 1 aliphatic carbocycles. The Bertz CT molecular complexity index is 1120. The van der Waals surface area contributed by atoms with Gasteiger partial charge in [0, 0.05) is 38.4 Å². The number of hydrogen-bond acceptors (Lipinski definition) is 5. The lowest BCUT2D eigenvalue weighted by atomic mass is 10.0. The largest absolute Gasteiger partial charge is 0.369 e. The molecule has 1 saturated heterocycles. The van der Waals surface area contributed by atoms with Crippen LogP contribution in [-0.2, 0) is 16.6 Å². The van der Waals surface area contributed by atoms with E-state index >= 15 is 0 Å². The van der Waals surface area contributed by atoms with Crippen LogP contribution in [0.15, 0.2) is 43.0 Å². The molecule has 1 N–H and O–H groups in total. The number of aryl methyl sites for hydroxylation is 1. The van der Waals surface area contributed by atoms with Crippen molar-refractivity contribution in [3.63, 3.8) is 0 Å². The van der Waals surface area contributed by atoms with Gasteiger partial charge < -0.3 is 4.90 Å². The monoisotopic (exact) mass is 457 g/mol. The van der Waals surface area contributed by atoms with E-state index in [1.807, 2.05) is 4.72 Å². The van der Waals surface area contributed by atoms with E-state index in [-0.39, 0.29) is 5.56 Å². The average molecular weight is 458 g/mol. The van der Waals surface area contributed by atoms with Crippen molar-refractivity contribution in [3.8, 4) is 0 Å². The zero-order valence-corrected chi connectivity index (χ0v) is 19.0. The third-order valence-electron chi connectivity index (χ3n) is 6.06. The molecule has 1 heterocycles. The lowest BCUT2D eigenvalue weighted by Gasteiger charge is -2.36. The van der Waals surface area contributed by atoms with E-state index in [1.165, 1.54) is 23.4 Å². The standard InChI is InChI=1S/C24H28FN3O3S/c1-3-18-14-22(24(29)26-32(30,31)21-8-9-21)23(25)15-19(18)16-27-10-12-28(13-11-27)20-6-4-17(2)5-7-20/h3-7,14-15,21H,1,8-13,16H2,2H3,(H,26,29). The molecule has 2 aromatic rings. The lowest BCUT2D eigenvalue weighted by molar-refractivity contribution is 0.0977. The normalized spacial score (nSPS) is 17.2. The summed E-state index contributed by atoms with van der Waals surface area (Å²) in [7, 11) is -3.74. The summed E-state index contributed by atoms with van der Waals surface area (Å²) in [6, 6.07) is 11.2. The van der Waals surface area contributed by atoms with Crippen LogP contribution in [0.5, 0.6) is 0 Å². The van der Waals surface area contributed by atoms with E-state index < -0.39 is 27.0 Å². The van der Waals surface area contributed by atoms with Crippen LogP contribution in [0.4, 0.5) is 10.1 Å². The molecule has 0 radical (unpaired) electrons.